The van der Waals surface area contributed by atoms with E-state index in [1.54, 1.807) is 18.8 Å². The minimum absolute atomic E-state index is 0.162. The molecule has 14 heavy (non-hydrogen) atoms. The Hall–Kier alpha value is -0.620. The first-order valence-electron chi connectivity index (χ1n) is 4.46. The molecular formula is C8H13N3OS2. The summed E-state index contributed by atoms with van der Waals surface area (Å²) in [7, 11) is 1.59. The summed E-state index contributed by atoms with van der Waals surface area (Å²) in [6, 6.07) is 0. The number of thioether (sulfide) groups is 1. The molecule has 6 heteroatoms. The average Bonchev–Trinajstić information content (AvgIpc) is 2.66. The molecule has 78 valence electrons. The number of carbonyl (C=O) groups excluding carboxylic acids is 1. The summed E-state index contributed by atoms with van der Waals surface area (Å²) >= 11 is 3.00. The second kappa shape index (κ2) is 5.98. The van der Waals surface area contributed by atoms with Crippen LogP contribution in [0.15, 0.2) is 4.34 Å². The predicted octanol–water partition coefficient (Wildman–Crippen LogP) is 1.79. The predicted molar refractivity (Wildman–Crippen MR) is 58.9 cm³/mol. The lowest BCUT2D eigenvalue weighted by Gasteiger charge is -1.92. The minimum atomic E-state index is -0.162. The number of unbranched alkanes of at least 4 members (excludes halogenated alkanes) is 1. The van der Waals surface area contributed by atoms with Gasteiger partial charge in [-0.25, -0.2) is 0 Å². The summed E-state index contributed by atoms with van der Waals surface area (Å²) in [6.07, 6.45) is 2.34. The Bertz CT molecular complexity index is 301. The normalized spacial score (nSPS) is 10.1. The van der Waals surface area contributed by atoms with E-state index < -0.39 is 0 Å². The highest BCUT2D eigenvalue weighted by atomic mass is 32.2. The molecule has 0 aliphatic carbocycles. The number of hydrogen-bond donors (Lipinski definition) is 1. The fourth-order valence-corrected chi connectivity index (χ4v) is 2.72. The molecule has 1 heterocycles. The number of rotatable bonds is 5. The Kier molecular flexibility index (Phi) is 4.89. The summed E-state index contributed by atoms with van der Waals surface area (Å²) in [5.74, 6) is 0.878. The highest BCUT2D eigenvalue weighted by Gasteiger charge is 2.10. The second-order valence-electron chi connectivity index (χ2n) is 2.65. The van der Waals surface area contributed by atoms with E-state index >= 15 is 0 Å². The number of carbonyl (C=O) groups is 1. The molecule has 1 amide bonds. The lowest BCUT2D eigenvalue weighted by atomic mass is 10.4. The van der Waals surface area contributed by atoms with Crippen molar-refractivity contribution in [2.24, 2.45) is 0 Å². The molecule has 0 fully saturated rings. The molecule has 0 saturated heterocycles. The maximum atomic E-state index is 11.1. The van der Waals surface area contributed by atoms with Crippen molar-refractivity contribution in [1.29, 1.82) is 0 Å². The molecule has 0 saturated carbocycles. The first-order valence-corrected chi connectivity index (χ1v) is 6.26. The van der Waals surface area contributed by atoms with Crippen LogP contribution in [0.25, 0.3) is 0 Å². The van der Waals surface area contributed by atoms with Gasteiger partial charge >= 0.3 is 0 Å². The molecule has 0 atom stereocenters. The van der Waals surface area contributed by atoms with Crippen LogP contribution in [0, 0.1) is 0 Å². The zero-order chi connectivity index (χ0) is 10.4. The number of nitrogens with zero attached hydrogens (tertiary/aromatic N) is 2. The molecule has 1 aromatic heterocycles. The van der Waals surface area contributed by atoms with Crippen LogP contribution in [0.1, 0.15) is 29.6 Å². The molecule has 0 aliphatic heterocycles. The Morgan fingerprint density at radius 1 is 1.57 bits per heavy atom. The molecule has 0 aliphatic rings. The first-order chi connectivity index (χ1) is 6.77. The van der Waals surface area contributed by atoms with Crippen LogP contribution in [0.2, 0.25) is 0 Å². The fourth-order valence-electron chi connectivity index (χ4n) is 0.771. The number of amides is 1. The van der Waals surface area contributed by atoms with Gasteiger partial charge in [-0.3, -0.25) is 4.79 Å². The Morgan fingerprint density at radius 3 is 3.00 bits per heavy atom. The van der Waals surface area contributed by atoms with E-state index in [9.17, 15) is 4.79 Å². The van der Waals surface area contributed by atoms with Gasteiger partial charge in [-0.15, -0.1) is 10.2 Å². The molecule has 0 aromatic carbocycles. The zero-order valence-corrected chi connectivity index (χ0v) is 9.87. The van der Waals surface area contributed by atoms with Gasteiger partial charge in [0, 0.05) is 12.8 Å². The Labute approximate surface area is 91.5 Å². The van der Waals surface area contributed by atoms with Crippen molar-refractivity contribution in [2.45, 2.75) is 24.1 Å². The number of hydrogen-bond acceptors (Lipinski definition) is 5. The lowest BCUT2D eigenvalue weighted by molar-refractivity contribution is 0.0962. The third-order valence-corrected chi connectivity index (χ3v) is 3.69. The van der Waals surface area contributed by atoms with Gasteiger partial charge in [0.25, 0.3) is 5.91 Å². The highest BCUT2D eigenvalue weighted by Crippen LogP contribution is 2.23. The first kappa shape index (κ1) is 11.5. The van der Waals surface area contributed by atoms with E-state index in [0.717, 1.165) is 10.1 Å². The van der Waals surface area contributed by atoms with Gasteiger partial charge in [0.1, 0.15) is 0 Å². The Morgan fingerprint density at radius 2 is 2.36 bits per heavy atom. The van der Waals surface area contributed by atoms with Crippen molar-refractivity contribution < 1.29 is 4.79 Å². The van der Waals surface area contributed by atoms with Gasteiger partial charge < -0.3 is 5.32 Å². The molecule has 0 unspecified atom stereocenters. The zero-order valence-electron chi connectivity index (χ0n) is 8.24. The monoisotopic (exact) mass is 231 g/mol. The highest BCUT2D eigenvalue weighted by molar-refractivity contribution is 8.01. The van der Waals surface area contributed by atoms with Crippen molar-refractivity contribution in [3.8, 4) is 0 Å². The van der Waals surface area contributed by atoms with Crippen LogP contribution in [-0.4, -0.2) is 28.9 Å². The largest absolute Gasteiger partial charge is 0.353 e. The van der Waals surface area contributed by atoms with E-state index in [4.69, 9.17) is 0 Å². The molecule has 1 aromatic rings. The summed E-state index contributed by atoms with van der Waals surface area (Å²) in [5, 5.41) is 10.7. The van der Waals surface area contributed by atoms with E-state index in [1.807, 2.05) is 0 Å². The van der Waals surface area contributed by atoms with Crippen LogP contribution in [-0.2, 0) is 0 Å². The minimum Gasteiger partial charge on any atom is -0.353 e. The maximum absolute atomic E-state index is 11.1. The van der Waals surface area contributed by atoms with Gasteiger partial charge in [-0.1, -0.05) is 36.4 Å². The van der Waals surface area contributed by atoms with Crippen molar-refractivity contribution >= 4 is 29.0 Å². The molecule has 0 bridgehead atoms. The van der Waals surface area contributed by atoms with Crippen molar-refractivity contribution in [3.05, 3.63) is 5.01 Å². The van der Waals surface area contributed by atoms with Crippen LogP contribution < -0.4 is 5.32 Å². The topological polar surface area (TPSA) is 54.9 Å². The maximum Gasteiger partial charge on any atom is 0.282 e. The smallest absolute Gasteiger partial charge is 0.282 e. The number of aromatic nitrogens is 2. The Balaban J connectivity index is 2.46. The number of nitrogens with one attached hydrogen (secondary N) is 1. The standard InChI is InChI=1S/C8H13N3OS2/c1-3-4-5-13-8-11-10-7(14-8)6(12)9-2/h3-5H2,1-2H3,(H,9,12). The van der Waals surface area contributed by atoms with Gasteiger partial charge in [-0.05, 0) is 6.42 Å². The quantitative estimate of drug-likeness (QED) is 0.620. The molecule has 1 rings (SSSR count). The SMILES string of the molecule is CCCCSc1nnc(C(=O)NC)s1. The van der Waals surface area contributed by atoms with Gasteiger partial charge in [-0.2, -0.15) is 0 Å². The molecule has 0 radical (unpaired) electrons. The summed E-state index contributed by atoms with van der Waals surface area (Å²) in [5.41, 5.74) is 0. The van der Waals surface area contributed by atoms with E-state index in [1.165, 1.54) is 24.2 Å². The summed E-state index contributed by atoms with van der Waals surface area (Å²) in [4.78, 5) is 11.1. The van der Waals surface area contributed by atoms with Gasteiger partial charge in [0.15, 0.2) is 4.34 Å². The van der Waals surface area contributed by atoms with Crippen LogP contribution in [0.4, 0.5) is 0 Å². The lowest BCUT2D eigenvalue weighted by Crippen LogP contribution is -2.17. The van der Waals surface area contributed by atoms with Gasteiger partial charge in [0.05, 0.1) is 0 Å². The molecule has 4 nitrogen and oxygen atoms in total. The van der Waals surface area contributed by atoms with E-state index in [-0.39, 0.29) is 5.91 Å². The van der Waals surface area contributed by atoms with Crippen molar-refractivity contribution in [1.82, 2.24) is 15.5 Å². The van der Waals surface area contributed by atoms with Crippen LogP contribution >= 0.6 is 23.1 Å². The van der Waals surface area contributed by atoms with Crippen molar-refractivity contribution in [3.63, 3.8) is 0 Å². The van der Waals surface area contributed by atoms with Crippen LogP contribution in [0.3, 0.4) is 0 Å². The fraction of sp³-hybridized carbons (Fsp3) is 0.625. The summed E-state index contributed by atoms with van der Waals surface area (Å²) < 4.78 is 0.872. The third-order valence-electron chi connectivity index (χ3n) is 1.55. The van der Waals surface area contributed by atoms with Crippen LogP contribution in [0.5, 0.6) is 0 Å². The van der Waals surface area contributed by atoms with Crippen molar-refractivity contribution in [2.75, 3.05) is 12.8 Å². The molecular weight excluding hydrogens is 218 g/mol. The average molecular weight is 231 g/mol. The van der Waals surface area contributed by atoms with E-state index in [0.29, 0.717) is 5.01 Å². The summed E-state index contributed by atoms with van der Waals surface area (Å²) in [6.45, 7) is 2.15. The molecule has 0 spiro atoms. The van der Waals surface area contributed by atoms with E-state index in [2.05, 4.69) is 22.4 Å². The molecule has 1 N–H and O–H groups in total. The second-order valence-corrected chi connectivity index (χ2v) is 4.97. The van der Waals surface area contributed by atoms with Gasteiger partial charge in [0.2, 0.25) is 5.01 Å². The third kappa shape index (κ3) is 3.26.